The van der Waals surface area contributed by atoms with Gasteiger partial charge in [0.2, 0.25) is 12.6 Å². The molecule has 0 saturated carbocycles. The van der Waals surface area contributed by atoms with Crippen molar-refractivity contribution in [1.29, 1.82) is 0 Å². The molecule has 0 amide bonds. The maximum Gasteiger partial charge on any atom is 0.338 e. The highest BCUT2D eigenvalue weighted by molar-refractivity contribution is 6.30. The van der Waals surface area contributed by atoms with Gasteiger partial charge in [-0.25, -0.2) is 4.79 Å². The predicted molar refractivity (Wildman–Crippen MR) is 86.4 cm³/mol. The van der Waals surface area contributed by atoms with E-state index in [9.17, 15) is 4.79 Å². The molecule has 7 nitrogen and oxygen atoms in total. The molecule has 0 N–H and O–H groups in total. The zero-order valence-corrected chi connectivity index (χ0v) is 13.5. The van der Waals surface area contributed by atoms with Crippen molar-refractivity contribution < 1.29 is 23.5 Å². The summed E-state index contributed by atoms with van der Waals surface area (Å²) in [5, 5.41) is 4.42. The van der Waals surface area contributed by atoms with Crippen molar-refractivity contribution >= 4 is 17.6 Å². The number of esters is 1. The number of carbonyl (C=O) groups excluding carboxylic acids is 1. The van der Waals surface area contributed by atoms with Gasteiger partial charge in [-0.3, -0.25) is 0 Å². The summed E-state index contributed by atoms with van der Waals surface area (Å²) in [6.45, 7) is 0.00292. The molecule has 8 heteroatoms. The van der Waals surface area contributed by atoms with Gasteiger partial charge in [-0.2, -0.15) is 4.98 Å². The quantitative estimate of drug-likeness (QED) is 0.660. The molecule has 1 aromatic heterocycles. The fraction of sp³-hybridized carbons (Fsp3) is 0.118. The normalized spacial score (nSPS) is 12.2. The van der Waals surface area contributed by atoms with E-state index in [2.05, 4.69) is 10.1 Å². The topological polar surface area (TPSA) is 83.7 Å². The lowest BCUT2D eigenvalue weighted by molar-refractivity contribution is 0.0429. The second kappa shape index (κ2) is 6.45. The smallest absolute Gasteiger partial charge is 0.338 e. The zero-order valence-electron chi connectivity index (χ0n) is 12.8. The van der Waals surface area contributed by atoms with Gasteiger partial charge in [0.05, 0.1) is 5.56 Å². The lowest BCUT2D eigenvalue weighted by Gasteiger charge is -2.03. The van der Waals surface area contributed by atoms with E-state index in [1.54, 1.807) is 42.5 Å². The molecule has 2 aromatic carbocycles. The van der Waals surface area contributed by atoms with E-state index in [1.807, 2.05) is 0 Å². The molecule has 0 atom stereocenters. The number of aromatic nitrogens is 2. The molecule has 0 bridgehead atoms. The molecule has 4 rings (SSSR count). The minimum absolute atomic E-state index is 0.138. The Labute approximate surface area is 147 Å². The van der Waals surface area contributed by atoms with Gasteiger partial charge in [-0.15, -0.1) is 0 Å². The van der Waals surface area contributed by atoms with Crippen molar-refractivity contribution in [2.24, 2.45) is 0 Å². The first-order valence-corrected chi connectivity index (χ1v) is 7.72. The van der Waals surface area contributed by atoms with Crippen molar-refractivity contribution in [3.8, 4) is 22.9 Å². The Kier molecular flexibility index (Phi) is 3.99. The van der Waals surface area contributed by atoms with Crippen molar-refractivity contribution in [3.63, 3.8) is 0 Å². The molecule has 126 valence electrons. The molecule has 0 spiro atoms. The summed E-state index contributed by atoms with van der Waals surface area (Å²) in [5.74, 6) is 1.14. The van der Waals surface area contributed by atoms with E-state index in [1.165, 1.54) is 0 Å². The summed E-state index contributed by atoms with van der Waals surface area (Å²) in [6, 6.07) is 11.9. The average Bonchev–Trinajstić information content (AvgIpc) is 3.28. The highest BCUT2D eigenvalue weighted by Crippen LogP contribution is 2.32. The standard InChI is InChI=1S/C17H11ClN2O5/c18-12-3-1-2-10(6-12)16-19-15(25-20-16)8-22-17(21)11-4-5-13-14(7-11)24-9-23-13/h1-7H,8-9H2. The number of hydrogen-bond acceptors (Lipinski definition) is 7. The maximum atomic E-state index is 12.1. The van der Waals surface area contributed by atoms with Gasteiger partial charge in [0.25, 0.3) is 5.89 Å². The number of nitrogens with zero attached hydrogens (tertiary/aromatic N) is 2. The molecule has 0 fully saturated rings. The molecule has 1 aliphatic rings. The van der Waals surface area contributed by atoms with Crippen molar-refractivity contribution in [1.82, 2.24) is 10.1 Å². The first-order valence-electron chi connectivity index (χ1n) is 7.34. The van der Waals surface area contributed by atoms with Crippen LogP contribution in [0.15, 0.2) is 47.0 Å². The number of hydrogen-bond donors (Lipinski definition) is 0. The van der Waals surface area contributed by atoms with Crippen LogP contribution in [-0.2, 0) is 11.3 Å². The van der Waals surface area contributed by atoms with E-state index in [4.69, 9.17) is 30.3 Å². The van der Waals surface area contributed by atoms with E-state index in [-0.39, 0.29) is 19.3 Å². The third-order valence-corrected chi connectivity index (χ3v) is 3.72. The summed E-state index contributed by atoms with van der Waals surface area (Å²) in [7, 11) is 0. The number of halogens is 1. The third-order valence-electron chi connectivity index (χ3n) is 3.49. The summed E-state index contributed by atoms with van der Waals surface area (Å²) < 4.78 is 20.7. The molecule has 1 aliphatic heterocycles. The van der Waals surface area contributed by atoms with Crippen LogP contribution in [0.2, 0.25) is 5.02 Å². The van der Waals surface area contributed by atoms with Crippen LogP contribution in [0.1, 0.15) is 16.2 Å². The second-order valence-corrected chi connectivity index (χ2v) is 5.60. The molecule has 0 aliphatic carbocycles. The maximum absolute atomic E-state index is 12.1. The molecule has 2 heterocycles. The molecule has 0 radical (unpaired) electrons. The predicted octanol–water partition coefficient (Wildman–Crippen LogP) is 3.48. The van der Waals surface area contributed by atoms with Gasteiger partial charge in [0, 0.05) is 10.6 Å². The highest BCUT2D eigenvalue weighted by Gasteiger charge is 2.18. The van der Waals surface area contributed by atoms with Crippen LogP contribution in [-0.4, -0.2) is 22.9 Å². The van der Waals surface area contributed by atoms with E-state index in [0.29, 0.717) is 33.5 Å². The van der Waals surface area contributed by atoms with Crippen LogP contribution in [0.25, 0.3) is 11.4 Å². The zero-order chi connectivity index (χ0) is 17.2. The molecule has 3 aromatic rings. The Morgan fingerprint density at radius 3 is 2.92 bits per heavy atom. The second-order valence-electron chi connectivity index (χ2n) is 5.17. The average molecular weight is 359 g/mol. The van der Waals surface area contributed by atoms with Gasteiger partial charge in [-0.05, 0) is 30.3 Å². The Morgan fingerprint density at radius 2 is 2.04 bits per heavy atom. The van der Waals surface area contributed by atoms with Crippen molar-refractivity contribution in [2.45, 2.75) is 6.61 Å². The number of carbonyl (C=O) groups is 1. The Bertz CT molecular complexity index is 940. The molecule has 0 saturated heterocycles. The number of benzene rings is 2. The van der Waals surface area contributed by atoms with Gasteiger partial charge < -0.3 is 18.7 Å². The first kappa shape index (κ1) is 15.5. The van der Waals surface area contributed by atoms with Gasteiger partial charge in [0.15, 0.2) is 18.1 Å². The molecular weight excluding hydrogens is 348 g/mol. The van der Waals surface area contributed by atoms with Crippen molar-refractivity contribution in [3.05, 3.63) is 58.9 Å². The minimum atomic E-state index is -0.527. The lowest BCUT2D eigenvalue weighted by atomic mass is 10.2. The van der Waals surface area contributed by atoms with Gasteiger partial charge in [-0.1, -0.05) is 28.9 Å². The first-order chi connectivity index (χ1) is 12.2. The molecule has 0 unspecified atom stereocenters. The third kappa shape index (κ3) is 3.27. The summed E-state index contributed by atoms with van der Waals surface area (Å²) in [4.78, 5) is 16.3. The van der Waals surface area contributed by atoms with Crippen LogP contribution in [0.5, 0.6) is 11.5 Å². The van der Waals surface area contributed by atoms with Crippen LogP contribution < -0.4 is 9.47 Å². The number of fused-ring (bicyclic) bond motifs is 1. The van der Waals surface area contributed by atoms with Crippen LogP contribution >= 0.6 is 11.6 Å². The Balaban J connectivity index is 1.42. The molecular formula is C17H11ClN2O5. The van der Waals surface area contributed by atoms with Crippen LogP contribution in [0.4, 0.5) is 0 Å². The van der Waals surface area contributed by atoms with Crippen LogP contribution in [0.3, 0.4) is 0 Å². The number of rotatable bonds is 4. The van der Waals surface area contributed by atoms with Gasteiger partial charge in [0.1, 0.15) is 0 Å². The number of ether oxygens (including phenoxy) is 3. The summed E-state index contributed by atoms with van der Waals surface area (Å²) in [5.41, 5.74) is 1.06. The Morgan fingerprint density at radius 1 is 1.16 bits per heavy atom. The SMILES string of the molecule is O=C(OCc1nc(-c2cccc(Cl)c2)no1)c1ccc2c(c1)OCO2. The van der Waals surface area contributed by atoms with Crippen LogP contribution in [0, 0.1) is 0 Å². The highest BCUT2D eigenvalue weighted by atomic mass is 35.5. The lowest BCUT2D eigenvalue weighted by Crippen LogP contribution is -2.05. The minimum Gasteiger partial charge on any atom is -0.454 e. The summed E-state index contributed by atoms with van der Waals surface area (Å²) in [6.07, 6.45) is 0. The van der Waals surface area contributed by atoms with E-state index in [0.717, 1.165) is 0 Å². The monoisotopic (exact) mass is 358 g/mol. The fourth-order valence-corrected chi connectivity index (χ4v) is 2.48. The fourth-order valence-electron chi connectivity index (χ4n) is 2.29. The largest absolute Gasteiger partial charge is 0.454 e. The van der Waals surface area contributed by atoms with Crippen molar-refractivity contribution in [2.75, 3.05) is 6.79 Å². The Hall–Kier alpha value is -3.06. The molecule has 25 heavy (non-hydrogen) atoms. The summed E-state index contributed by atoms with van der Waals surface area (Å²) >= 11 is 5.94. The van der Waals surface area contributed by atoms with E-state index < -0.39 is 5.97 Å². The van der Waals surface area contributed by atoms with Gasteiger partial charge >= 0.3 is 5.97 Å². The van der Waals surface area contributed by atoms with E-state index >= 15 is 0 Å².